The number of aldehydes is 1. The monoisotopic (exact) mass is 358 g/mol. The zero-order valence-electron chi connectivity index (χ0n) is 15.3. The van der Waals surface area contributed by atoms with Crippen LogP contribution in [0.15, 0.2) is 54.6 Å². The highest BCUT2D eigenvalue weighted by Crippen LogP contribution is 2.36. The number of carbonyl (C=O) groups is 1. The summed E-state index contributed by atoms with van der Waals surface area (Å²) in [7, 11) is -2.05. The molecule has 2 nitrogen and oxygen atoms in total. The Kier molecular flexibility index (Phi) is 6.68. The van der Waals surface area contributed by atoms with Gasteiger partial charge in [0.25, 0.3) is 0 Å². The molecule has 0 aliphatic heterocycles. The lowest BCUT2D eigenvalue weighted by Crippen LogP contribution is -2.48. The van der Waals surface area contributed by atoms with Crippen molar-refractivity contribution in [2.45, 2.75) is 50.9 Å². The topological polar surface area (TPSA) is 26.3 Å². The van der Waals surface area contributed by atoms with Crippen molar-refractivity contribution in [1.29, 1.82) is 0 Å². The lowest BCUT2D eigenvalue weighted by molar-refractivity contribution is -0.123. The zero-order valence-corrected chi connectivity index (χ0v) is 16.3. The molecule has 0 aliphatic rings. The van der Waals surface area contributed by atoms with Gasteiger partial charge < -0.3 is 4.43 Å². The van der Waals surface area contributed by atoms with Crippen LogP contribution in [-0.4, -0.2) is 14.6 Å². The van der Waals surface area contributed by atoms with E-state index in [4.69, 9.17) is 4.43 Å². The first-order chi connectivity index (χ1) is 12.0. The average molecular weight is 359 g/mol. The summed E-state index contributed by atoms with van der Waals surface area (Å²) < 4.78 is 20.1. The molecule has 1 atom stereocenters. The Labute approximate surface area is 151 Å². The molecular formula is C21H27FO2Si. The minimum absolute atomic E-state index is 0.312. The standard InChI is InChI=1S/C21H27FO2Si/c1-4-25(5-2,6-3)24-21(17-23,16-18-10-8-7-9-11-18)19-12-14-20(22)15-13-19/h7-15,17H,4-6,16H2,1-3H3. The van der Waals surface area contributed by atoms with E-state index in [0.717, 1.165) is 35.5 Å². The number of hydrogen-bond acceptors (Lipinski definition) is 2. The van der Waals surface area contributed by atoms with Gasteiger partial charge in [0.05, 0.1) is 0 Å². The Morgan fingerprint density at radius 1 is 0.960 bits per heavy atom. The molecule has 0 aliphatic carbocycles. The van der Waals surface area contributed by atoms with E-state index in [1.54, 1.807) is 12.1 Å². The van der Waals surface area contributed by atoms with Crippen LogP contribution < -0.4 is 0 Å². The first kappa shape index (κ1) is 19.5. The highest BCUT2D eigenvalue weighted by molar-refractivity contribution is 6.73. The first-order valence-corrected chi connectivity index (χ1v) is 11.5. The summed E-state index contributed by atoms with van der Waals surface area (Å²) in [5.41, 5.74) is 0.689. The Morgan fingerprint density at radius 3 is 2.00 bits per heavy atom. The summed E-state index contributed by atoms with van der Waals surface area (Å²) in [4.78, 5) is 12.3. The largest absolute Gasteiger partial charge is 0.401 e. The highest BCUT2D eigenvalue weighted by atomic mass is 28.4. The van der Waals surface area contributed by atoms with Crippen molar-refractivity contribution in [3.8, 4) is 0 Å². The number of carbonyl (C=O) groups excluding carboxylic acids is 1. The van der Waals surface area contributed by atoms with E-state index < -0.39 is 13.9 Å². The highest BCUT2D eigenvalue weighted by Gasteiger charge is 2.42. The van der Waals surface area contributed by atoms with Gasteiger partial charge in [-0.15, -0.1) is 0 Å². The van der Waals surface area contributed by atoms with Crippen molar-refractivity contribution in [2.24, 2.45) is 0 Å². The van der Waals surface area contributed by atoms with Crippen LogP contribution in [0.4, 0.5) is 4.39 Å². The zero-order chi connectivity index (χ0) is 18.3. The minimum Gasteiger partial charge on any atom is -0.401 e. The lowest BCUT2D eigenvalue weighted by Gasteiger charge is -2.40. The molecule has 4 heteroatoms. The molecular weight excluding hydrogens is 331 g/mol. The number of benzene rings is 2. The van der Waals surface area contributed by atoms with E-state index in [2.05, 4.69) is 20.8 Å². The summed E-state index contributed by atoms with van der Waals surface area (Å²) >= 11 is 0. The fraction of sp³-hybridized carbons (Fsp3) is 0.381. The van der Waals surface area contributed by atoms with Crippen LogP contribution >= 0.6 is 0 Å². The molecule has 0 bridgehead atoms. The molecule has 1 unspecified atom stereocenters. The minimum atomic E-state index is -2.05. The van der Waals surface area contributed by atoms with Gasteiger partial charge in [0.15, 0.2) is 14.6 Å². The average Bonchev–Trinajstić information content (AvgIpc) is 2.67. The lowest BCUT2D eigenvalue weighted by atomic mass is 9.88. The summed E-state index contributed by atoms with van der Waals surface area (Å²) in [5.74, 6) is -0.312. The van der Waals surface area contributed by atoms with Crippen LogP contribution in [0.1, 0.15) is 31.9 Å². The molecule has 0 fully saturated rings. The molecule has 2 aromatic carbocycles. The smallest absolute Gasteiger partial charge is 0.193 e. The summed E-state index contributed by atoms with van der Waals surface area (Å²) in [6, 6.07) is 18.9. The van der Waals surface area contributed by atoms with E-state index >= 15 is 0 Å². The van der Waals surface area contributed by atoms with Crippen molar-refractivity contribution in [3.05, 3.63) is 71.5 Å². The van der Waals surface area contributed by atoms with Crippen molar-refractivity contribution in [1.82, 2.24) is 0 Å². The molecule has 0 saturated carbocycles. The molecule has 0 aromatic heterocycles. The van der Waals surface area contributed by atoms with Crippen molar-refractivity contribution < 1.29 is 13.6 Å². The Balaban J connectivity index is 2.52. The van der Waals surface area contributed by atoms with Crippen molar-refractivity contribution in [2.75, 3.05) is 0 Å². The predicted molar refractivity (Wildman–Crippen MR) is 103 cm³/mol. The van der Waals surface area contributed by atoms with Crippen LogP contribution in [-0.2, 0) is 21.2 Å². The van der Waals surface area contributed by atoms with Crippen LogP contribution in [0.2, 0.25) is 18.1 Å². The predicted octanol–water partition coefficient (Wildman–Crippen LogP) is 5.48. The van der Waals surface area contributed by atoms with E-state index in [1.807, 2.05) is 30.3 Å². The fourth-order valence-electron chi connectivity index (χ4n) is 3.31. The van der Waals surface area contributed by atoms with Crippen molar-refractivity contribution >= 4 is 14.6 Å². The van der Waals surface area contributed by atoms with Gasteiger partial charge in [0.2, 0.25) is 0 Å². The van der Waals surface area contributed by atoms with Gasteiger partial charge in [0, 0.05) is 6.42 Å². The van der Waals surface area contributed by atoms with Gasteiger partial charge >= 0.3 is 0 Å². The van der Waals surface area contributed by atoms with Gasteiger partial charge in [-0.3, -0.25) is 4.79 Å². The normalized spacial score (nSPS) is 14.1. The molecule has 0 N–H and O–H groups in total. The Morgan fingerprint density at radius 2 is 1.52 bits per heavy atom. The van der Waals surface area contributed by atoms with Gasteiger partial charge in [0.1, 0.15) is 11.4 Å². The molecule has 0 heterocycles. The molecule has 0 radical (unpaired) electrons. The van der Waals surface area contributed by atoms with E-state index in [1.165, 1.54) is 12.1 Å². The second kappa shape index (κ2) is 8.54. The maximum atomic E-state index is 13.4. The quantitative estimate of drug-likeness (QED) is 0.438. The van der Waals surface area contributed by atoms with E-state index in [0.29, 0.717) is 6.42 Å². The van der Waals surface area contributed by atoms with E-state index in [-0.39, 0.29) is 5.82 Å². The third-order valence-corrected chi connectivity index (χ3v) is 9.83. The third kappa shape index (κ3) is 4.44. The first-order valence-electron chi connectivity index (χ1n) is 8.99. The summed E-state index contributed by atoms with van der Waals surface area (Å²) in [6.07, 6.45) is 1.37. The number of rotatable bonds is 9. The van der Waals surface area contributed by atoms with E-state index in [9.17, 15) is 9.18 Å². The van der Waals surface area contributed by atoms with Crippen LogP contribution in [0, 0.1) is 5.82 Å². The molecule has 0 spiro atoms. The van der Waals surface area contributed by atoms with Gasteiger partial charge in [-0.05, 0) is 41.4 Å². The van der Waals surface area contributed by atoms with Gasteiger partial charge in [-0.2, -0.15) is 0 Å². The number of hydrogen-bond donors (Lipinski definition) is 0. The molecule has 0 amide bonds. The van der Waals surface area contributed by atoms with Crippen LogP contribution in [0.3, 0.4) is 0 Å². The van der Waals surface area contributed by atoms with Crippen LogP contribution in [0.25, 0.3) is 0 Å². The Bertz CT molecular complexity index is 660. The molecule has 0 saturated heterocycles. The molecule has 2 aromatic rings. The maximum absolute atomic E-state index is 13.4. The molecule has 25 heavy (non-hydrogen) atoms. The SMILES string of the molecule is CC[Si](CC)(CC)OC(C=O)(Cc1ccccc1)c1ccc(F)cc1. The van der Waals surface area contributed by atoms with Gasteiger partial charge in [-0.1, -0.05) is 63.2 Å². The third-order valence-electron chi connectivity index (χ3n) is 5.16. The molecule has 2 rings (SSSR count). The second-order valence-corrected chi connectivity index (χ2v) is 11.2. The fourth-order valence-corrected chi connectivity index (χ4v) is 6.26. The Hall–Kier alpha value is -1.78. The van der Waals surface area contributed by atoms with Gasteiger partial charge in [-0.25, -0.2) is 4.39 Å². The number of halogens is 1. The molecule has 134 valence electrons. The van der Waals surface area contributed by atoms with Crippen molar-refractivity contribution in [3.63, 3.8) is 0 Å². The summed E-state index contributed by atoms with van der Waals surface area (Å²) in [5, 5.41) is 0. The summed E-state index contributed by atoms with van der Waals surface area (Å²) in [6.45, 7) is 6.42. The maximum Gasteiger partial charge on any atom is 0.193 e. The second-order valence-electron chi connectivity index (χ2n) is 6.52. The van der Waals surface area contributed by atoms with Crippen LogP contribution in [0.5, 0.6) is 0 Å².